The van der Waals surface area contributed by atoms with E-state index in [2.05, 4.69) is 15.6 Å². The molecule has 8 nitrogen and oxygen atoms in total. The number of carbonyl (C=O) groups is 2. The molecule has 160 valence electrons. The average Bonchev–Trinajstić information content (AvgIpc) is 3.44. The maximum absolute atomic E-state index is 13.0. The van der Waals surface area contributed by atoms with E-state index in [9.17, 15) is 14.0 Å². The van der Waals surface area contributed by atoms with Crippen LogP contribution in [0.25, 0.3) is 0 Å². The topological polar surface area (TPSA) is 106 Å². The number of aryl methyl sites for hydroxylation is 1. The number of carbonyl (C=O) groups excluding carboxylic acids is 1. The first kappa shape index (κ1) is 20.5. The lowest BCUT2D eigenvalue weighted by Crippen LogP contribution is -2.36. The van der Waals surface area contributed by atoms with E-state index in [-0.39, 0.29) is 23.9 Å². The molecule has 0 spiro atoms. The highest BCUT2D eigenvalue weighted by molar-refractivity contribution is 5.94. The Morgan fingerprint density at radius 1 is 1.16 bits per heavy atom. The number of rotatable bonds is 8. The fraction of sp³-hybridized carbons (Fsp3) is 0.273. The molecule has 1 aliphatic carbocycles. The molecule has 1 aliphatic rings. The summed E-state index contributed by atoms with van der Waals surface area (Å²) >= 11 is 0. The van der Waals surface area contributed by atoms with Gasteiger partial charge in [-0.2, -0.15) is 0 Å². The van der Waals surface area contributed by atoms with Crippen LogP contribution in [0.3, 0.4) is 0 Å². The number of nitrogens with one attached hydrogen (secondary N) is 1. The minimum absolute atomic E-state index is 0.199. The molecule has 1 heterocycles. The third kappa shape index (κ3) is 4.40. The van der Waals surface area contributed by atoms with Crippen LogP contribution in [0.2, 0.25) is 0 Å². The molecule has 2 N–H and O–H groups in total. The molecule has 4 rings (SSSR count). The highest BCUT2D eigenvalue weighted by atomic mass is 19.1. The second-order valence-electron chi connectivity index (χ2n) is 7.47. The number of halogens is 1. The number of carboxylic acid groups (broad SMARTS) is 1. The summed E-state index contributed by atoms with van der Waals surface area (Å²) in [5.74, 6) is -1.12. The number of amides is 1. The molecule has 3 aromatic rings. The van der Waals surface area contributed by atoms with Crippen LogP contribution in [0, 0.1) is 12.7 Å². The van der Waals surface area contributed by atoms with Crippen molar-refractivity contribution in [3.63, 3.8) is 0 Å². The number of ether oxygens (including phenoxy) is 1. The molecule has 2 aromatic carbocycles. The molecule has 0 bridgehead atoms. The standard InChI is InChI=1S/C22H21FN4O4/c1-14-19(27(26-25-14)12-13-31-18-8-6-17(23)7-9-18)20(28)24-22(10-11-22)16-4-2-15(3-5-16)21(29)30/h2-9H,10-13H2,1H3,(H,24,28)(H,29,30). The van der Waals surface area contributed by atoms with Crippen LogP contribution in [0.1, 0.15) is 44.9 Å². The van der Waals surface area contributed by atoms with Crippen LogP contribution in [0.5, 0.6) is 5.75 Å². The zero-order chi connectivity index (χ0) is 22.0. The van der Waals surface area contributed by atoms with E-state index in [0.29, 0.717) is 23.7 Å². The van der Waals surface area contributed by atoms with Gasteiger partial charge in [-0.05, 0) is 61.7 Å². The van der Waals surface area contributed by atoms with Crippen molar-refractivity contribution in [2.24, 2.45) is 0 Å². The zero-order valence-electron chi connectivity index (χ0n) is 16.8. The van der Waals surface area contributed by atoms with Crippen molar-refractivity contribution in [2.45, 2.75) is 31.8 Å². The van der Waals surface area contributed by atoms with Crippen LogP contribution in [-0.2, 0) is 12.1 Å². The van der Waals surface area contributed by atoms with Crippen molar-refractivity contribution in [1.29, 1.82) is 0 Å². The molecule has 0 atom stereocenters. The molecule has 0 aliphatic heterocycles. The van der Waals surface area contributed by atoms with E-state index in [1.165, 1.54) is 41.1 Å². The monoisotopic (exact) mass is 424 g/mol. The molecule has 1 aromatic heterocycles. The quantitative estimate of drug-likeness (QED) is 0.576. The molecule has 0 unspecified atom stereocenters. The van der Waals surface area contributed by atoms with Crippen molar-refractivity contribution in [2.75, 3.05) is 6.61 Å². The summed E-state index contributed by atoms with van der Waals surface area (Å²) in [5.41, 5.74) is 1.39. The maximum Gasteiger partial charge on any atom is 0.335 e. The predicted molar refractivity (Wildman–Crippen MR) is 108 cm³/mol. The zero-order valence-corrected chi connectivity index (χ0v) is 16.8. The van der Waals surface area contributed by atoms with Crippen molar-refractivity contribution in [1.82, 2.24) is 20.3 Å². The summed E-state index contributed by atoms with van der Waals surface area (Å²) in [4.78, 5) is 24.1. The van der Waals surface area contributed by atoms with E-state index in [4.69, 9.17) is 9.84 Å². The summed E-state index contributed by atoms with van der Waals surface area (Å²) in [6.07, 6.45) is 1.53. The lowest BCUT2D eigenvalue weighted by Gasteiger charge is -2.19. The molecule has 1 fully saturated rings. The summed E-state index contributed by atoms with van der Waals surface area (Å²) in [6, 6.07) is 12.2. The van der Waals surface area contributed by atoms with Crippen molar-refractivity contribution >= 4 is 11.9 Å². The fourth-order valence-corrected chi connectivity index (χ4v) is 3.44. The SMILES string of the molecule is Cc1nnn(CCOc2ccc(F)cc2)c1C(=O)NC1(c2ccc(C(=O)O)cc2)CC1. The summed E-state index contributed by atoms with van der Waals surface area (Å²) < 4.78 is 20.1. The van der Waals surface area contributed by atoms with Crippen LogP contribution in [-0.4, -0.2) is 38.6 Å². The minimum Gasteiger partial charge on any atom is -0.492 e. The first-order chi connectivity index (χ1) is 14.9. The van der Waals surface area contributed by atoms with E-state index in [0.717, 1.165) is 18.4 Å². The van der Waals surface area contributed by atoms with Crippen molar-refractivity contribution < 1.29 is 23.8 Å². The smallest absolute Gasteiger partial charge is 0.335 e. The summed E-state index contributed by atoms with van der Waals surface area (Å²) in [7, 11) is 0. The molecule has 9 heteroatoms. The van der Waals surface area contributed by atoms with Gasteiger partial charge in [0.25, 0.3) is 5.91 Å². The molecule has 0 saturated heterocycles. The van der Waals surface area contributed by atoms with Gasteiger partial charge in [0.2, 0.25) is 0 Å². The van der Waals surface area contributed by atoms with Gasteiger partial charge in [-0.3, -0.25) is 4.79 Å². The van der Waals surface area contributed by atoms with Gasteiger partial charge in [0.15, 0.2) is 0 Å². The van der Waals surface area contributed by atoms with Crippen LogP contribution in [0.4, 0.5) is 4.39 Å². The number of hydrogen-bond donors (Lipinski definition) is 2. The van der Waals surface area contributed by atoms with Crippen LogP contribution in [0.15, 0.2) is 48.5 Å². The molecular weight excluding hydrogens is 403 g/mol. The van der Waals surface area contributed by atoms with E-state index in [1.54, 1.807) is 19.1 Å². The average molecular weight is 424 g/mol. The van der Waals surface area contributed by atoms with Crippen molar-refractivity contribution in [3.8, 4) is 5.75 Å². The Hall–Kier alpha value is -3.75. The second kappa shape index (κ2) is 8.17. The molecule has 31 heavy (non-hydrogen) atoms. The number of nitrogens with zero attached hydrogens (tertiary/aromatic N) is 3. The molecule has 0 radical (unpaired) electrons. The fourth-order valence-electron chi connectivity index (χ4n) is 3.44. The Balaban J connectivity index is 1.43. The number of hydrogen-bond acceptors (Lipinski definition) is 5. The van der Waals surface area contributed by atoms with Gasteiger partial charge in [-0.25, -0.2) is 13.9 Å². The molecular formula is C22H21FN4O4. The third-order valence-electron chi connectivity index (χ3n) is 5.29. The van der Waals surface area contributed by atoms with Crippen LogP contribution >= 0.6 is 0 Å². The van der Waals surface area contributed by atoms with E-state index in [1.807, 2.05) is 0 Å². The Morgan fingerprint density at radius 2 is 1.84 bits per heavy atom. The van der Waals surface area contributed by atoms with Gasteiger partial charge >= 0.3 is 5.97 Å². The van der Waals surface area contributed by atoms with Crippen LogP contribution < -0.4 is 10.1 Å². The summed E-state index contributed by atoms with van der Waals surface area (Å²) in [6.45, 7) is 2.23. The largest absolute Gasteiger partial charge is 0.492 e. The Kier molecular flexibility index (Phi) is 5.41. The number of aromatic nitrogens is 3. The number of carboxylic acids is 1. The van der Waals surface area contributed by atoms with Gasteiger partial charge in [-0.15, -0.1) is 5.10 Å². The minimum atomic E-state index is -0.992. The maximum atomic E-state index is 13.0. The Bertz CT molecular complexity index is 1110. The predicted octanol–water partition coefficient (Wildman–Crippen LogP) is 2.92. The first-order valence-corrected chi connectivity index (χ1v) is 9.83. The van der Waals surface area contributed by atoms with E-state index < -0.39 is 11.5 Å². The van der Waals surface area contributed by atoms with Gasteiger partial charge in [0.05, 0.1) is 23.3 Å². The number of benzene rings is 2. The lowest BCUT2D eigenvalue weighted by atomic mass is 10.0. The van der Waals surface area contributed by atoms with Gasteiger partial charge in [0, 0.05) is 0 Å². The Labute approximate surface area is 177 Å². The van der Waals surface area contributed by atoms with E-state index >= 15 is 0 Å². The van der Waals surface area contributed by atoms with Gasteiger partial charge < -0.3 is 15.2 Å². The molecule has 1 saturated carbocycles. The lowest BCUT2D eigenvalue weighted by molar-refractivity contribution is 0.0696. The second-order valence-corrected chi connectivity index (χ2v) is 7.47. The third-order valence-corrected chi connectivity index (χ3v) is 5.29. The number of aromatic carboxylic acids is 1. The van der Waals surface area contributed by atoms with Crippen molar-refractivity contribution in [3.05, 3.63) is 76.9 Å². The first-order valence-electron chi connectivity index (χ1n) is 9.83. The molecule has 1 amide bonds. The normalized spacial score (nSPS) is 14.1. The summed E-state index contributed by atoms with van der Waals surface area (Å²) in [5, 5.41) is 20.2. The highest BCUT2D eigenvalue weighted by Crippen LogP contribution is 2.45. The highest BCUT2D eigenvalue weighted by Gasteiger charge is 2.46. The Morgan fingerprint density at radius 3 is 2.45 bits per heavy atom. The van der Waals surface area contributed by atoms with Gasteiger partial charge in [0.1, 0.15) is 23.9 Å². The van der Waals surface area contributed by atoms with Gasteiger partial charge in [-0.1, -0.05) is 17.3 Å².